The molecular formula is C14H16FN3OS. The first-order valence-electron chi connectivity index (χ1n) is 6.17. The maximum atomic E-state index is 12.9. The van der Waals surface area contributed by atoms with Gasteiger partial charge in [0.15, 0.2) is 4.80 Å². The van der Waals surface area contributed by atoms with E-state index in [0.717, 1.165) is 11.1 Å². The molecule has 0 aromatic carbocycles. The largest absolute Gasteiger partial charge is 0.276 e. The first kappa shape index (κ1) is 14.6. The summed E-state index contributed by atoms with van der Waals surface area (Å²) >= 11 is 1.40. The number of carbonyl (C=O) groups is 1. The van der Waals surface area contributed by atoms with Crippen LogP contribution in [0.15, 0.2) is 29.5 Å². The highest BCUT2D eigenvalue weighted by Crippen LogP contribution is 2.15. The van der Waals surface area contributed by atoms with Crippen molar-refractivity contribution in [1.29, 1.82) is 0 Å². The smallest absolute Gasteiger partial charge is 0.253 e. The third-order valence-electron chi connectivity index (χ3n) is 2.57. The molecule has 4 nitrogen and oxygen atoms in total. The molecule has 0 fully saturated rings. The van der Waals surface area contributed by atoms with E-state index in [-0.39, 0.29) is 5.91 Å². The Morgan fingerprint density at radius 2 is 2.10 bits per heavy atom. The second kappa shape index (κ2) is 5.28. The minimum absolute atomic E-state index is 0.199. The van der Waals surface area contributed by atoms with Crippen LogP contribution in [0.1, 0.15) is 25.6 Å². The number of amides is 1. The van der Waals surface area contributed by atoms with E-state index in [9.17, 15) is 9.18 Å². The van der Waals surface area contributed by atoms with E-state index in [1.807, 2.05) is 33.9 Å². The molecule has 0 bridgehead atoms. The van der Waals surface area contributed by atoms with E-state index in [0.29, 0.717) is 10.6 Å². The highest BCUT2D eigenvalue weighted by Gasteiger charge is 2.21. The normalized spacial score (nSPS) is 12.8. The van der Waals surface area contributed by atoms with Gasteiger partial charge in [-0.1, -0.05) is 20.8 Å². The fraction of sp³-hybridized carbons (Fsp3) is 0.357. The Morgan fingerprint density at radius 3 is 2.65 bits per heavy atom. The van der Waals surface area contributed by atoms with Crippen molar-refractivity contribution >= 4 is 17.2 Å². The van der Waals surface area contributed by atoms with Crippen molar-refractivity contribution in [3.05, 3.63) is 40.0 Å². The Labute approximate surface area is 120 Å². The Balaban J connectivity index is 2.54. The number of aromatic nitrogens is 2. The highest BCUT2D eigenvalue weighted by molar-refractivity contribution is 7.09. The Hall–Kier alpha value is -1.82. The standard InChI is InChI=1S/C14H16FN3OS/c1-9-8-18(11-6-5-10(15)7-16-11)13(20-9)17-12(19)14(2,3)4/h5-8H,1-4H3. The van der Waals surface area contributed by atoms with Crippen molar-refractivity contribution in [2.45, 2.75) is 27.7 Å². The van der Waals surface area contributed by atoms with Gasteiger partial charge in [0.2, 0.25) is 0 Å². The SMILES string of the molecule is Cc1cn(-c2ccc(F)cn2)c(=NC(=O)C(C)(C)C)s1. The molecule has 0 radical (unpaired) electrons. The van der Waals surface area contributed by atoms with Crippen LogP contribution in [0.25, 0.3) is 5.82 Å². The lowest BCUT2D eigenvalue weighted by Crippen LogP contribution is -2.23. The second-order valence-electron chi connectivity index (χ2n) is 5.50. The minimum atomic E-state index is -0.536. The molecule has 0 saturated carbocycles. The number of hydrogen-bond acceptors (Lipinski definition) is 3. The summed E-state index contributed by atoms with van der Waals surface area (Å²) in [4.78, 5) is 21.7. The zero-order chi connectivity index (χ0) is 14.9. The van der Waals surface area contributed by atoms with Gasteiger partial charge in [-0.05, 0) is 19.1 Å². The lowest BCUT2D eigenvalue weighted by Gasteiger charge is -2.11. The van der Waals surface area contributed by atoms with Gasteiger partial charge < -0.3 is 0 Å². The number of aryl methyl sites for hydroxylation is 1. The Kier molecular flexibility index (Phi) is 3.85. The molecule has 0 N–H and O–H groups in total. The van der Waals surface area contributed by atoms with Crippen LogP contribution in [0.3, 0.4) is 0 Å². The summed E-state index contributed by atoms with van der Waals surface area (Å²) in [6.07, 6.45) is 2.98. The van der Waals surface area contributed by atoms with E-state index in [1.54, 1.807) is 10.6 Å². The topological polar surface area (TPSA) is 47.2 Å². The van der Waals surface area contributed by atoms with E-state index < -0.39 is 11.2 Å². The molecule has 6 heteroatoms. The second-order valence-corrected chi connectivity index (χ2v) is 6.71. The number of hydrogen-bond donors (Lipinski definition) is 0. The van der Waals surface area contributed by atoms with Crippen molar-refractivity contribution in [2.75, 3.05) is 0 Å². The highest BCUT2D eigenvalue weighted by atomic mass is 32.1. The van der Waals surface area contributed by atoms with Gasteiger partial charge in [0, 0.05) is 16.5 Å². The summed E-state index contributed by atoms with van der Waals surface area (Å²) in [5.41, 5.74) is -0.536. The Bertz CT molecular complexity index is 692. The number of nitrogens with zero attached hydrogens (tertiary/aromatic N) is 3. The monoisotopic (exact) mass is 293 g/mol. The fourth-order valence-corrected chi connectivity index (χ4v) is 2.28. The fourth-order valence-electron chi connectivity index (χ4n) is 1.46. The van der Waals surface area contributed by atoms with E-state index in [2.05, 4.69) is 9.98 Å². The predicted octanol–water partition coefficient (Wildman–Crippen LogP) is 2.85. The van der Waals surface area contributed by atoms with Crippen LogP contribution < -0.4 is 4.80 Å². The van der Waals surface area contributed by atoms with Gasteiger partial charge in [0.25, 0.3) is 5.91 Å². The summed E-state index contributed by atoms with van der Waals surface area (Å²) < 4.78 is 14.6. The van der Waals surface area contributed by atoms with Gasteiger partial charge in [0.05, 0.1) is 6.20 Å². The van der Waals surface area contributed by atoms with E-state index >= 15 is 0 Å². The van der Waals surface area contributed by atoms with Crippen molar-refractivity contribution in [3.8, 4) is 5.82 Å². The molecule has 106 valence electrons. The molecule has 0 unspecified atom stereocenters. The molecule has 0 aliphatic rings. The molecule has 2 heterocycles. The summed E-state index contributed by atoms with van der Waals surface area (Å²) in [5.74, 6) is -0.0584. The summed E-state index contributed by atoms with van der Waals surface area (Å²) in [5, 5.41) is 0. The molecule has 0 aliphatic carbocycles. The van der Waals surface area contributed by atoms with Crippen LogP contribution in [-0.2, 0) is 4.79 Å². The first-order chi connectivity index (χ1) is 9.27. The number of pyridine rings is 1. The third kappa shape index (κ3) is 3.19. The van der Waals surface area contributed by atoms with Crippen LogP contribution in [0.5, 0.6) is 0 Å². The van der Waals surface area contributed by atoms with Crippen molar-refractivity contribution < 1.29 is 9.18 Å². The molecule has 0 saturated heterocycles. The molecular weight excluding hydrogens is 277 g/mol. The number of thiazole rings is 1. The van der Waals surface area contributed by atoms with E-state index in [1.165, 1.54) is 17.4 Å². The van der Waals surface area contributed by atoms with Gasteiger partial charge in [-0.3, -0.25) is 9.36 Å². The summed E-state index contributed by atoms with van der Waals surface area (Å²) in [6.45, 7) is 7.38. The van der Waals surface area contributed by atoms with Gasteiger partial charge in [-0.15, -0.1) is 11.3 Å². The molecule has 0 aliphatic heterocycles. The zero-order valence-corrected chi connectivity index (χ0v) is 12.7. The molecule has 1 amide bonds. The molecule has 2 aromatic heterocycles. The number of rotatable bonds is 1. The average molecular weight is 293 g/mol. The Morgan fingerprint density at radius 1 is 1.40 bits per heavy atom. The quantitative estimate of drug-likeness (QED) is 0.811. The summed E-state index contributed by atoms with van der Waals surface area (Å²) in [6, 6.07) is 2.89. The van der Waals surface area contributed by atoms with Gasteiger partial charge in [0.1, 0.15) is 11.6 Å². The number of halogens is 1. The average Bonchev–Trinajstić information content (AvgIpc) is 2.70. The third-order valence-corrected chi connectivity index (χ3v) is 3.46. The summed E-state index contributed by atoms with van der Waals surface area (Å²) in [7, 11) is 0. The molecule has 0 atom stereocenters. The maximum absolute atomic E-state index is 12.9. The predicted molar refractivity (Wildman–Crippen MR) is 76.2 cm³/mol. The van der Waals surface area contributed by atoms with Crippen LogP contribution in [0.4, 0.5) is 4.39 Å². The van der Waals surface area contributed by atoms with E-state index in [4.69, 9.17) is 0 Å². The lowest BCUT2D eigenvalue weighted by atomic mass is 9.96. The molecule has 0 spiro atoms. The zero-order valence-electron chi connectivity index (χ0n) is 11.8. The van der Waals surface area contributed by atoms with Crippen LogP contribution in [0.2, 0.25) is 0 Å². The van der Waals surface area contributed by atoms with Gasteiger partial charge in [-0.2, -0.15) is 4.99 Å². The van der Waals surface area contributed by atoms with Crippen LogP contribution in [-0.4, -0.2) is 15.5 Å². The van der Waals surface area contributed by atoms with Gasteiger partial charge in [-0.25, -0.2) is 9.37 Å². The van der Waals surface area contributed by atoms with Crippen molar-refractivity contribution in [2.24, 2.45) is 10.4 Å². The first-order valence-corrected chi connectivity index (χ1v) is 6.99. The van der Waals surface area contributed by atoms with Gasteiger partial charge >= 0.3 is 0 Å². The minimum Gasteiger partial charge on any atom is -0.276 e. The number of carbonyl (C=O) groups excluding carboxylic acids is 1. The molecule has 20 heavy (non-hydrogen) atoms. The molecule has 2 aromatic rings. The van der Waals surface area contributed by atoms with Crippen LogP contribution in [0, 0.1) is 18.2 Å². The van der Waals surface area contributed by atoms with Crippen LogP contribution >= 0.6 is 11.3 Å². The van der Waals surface area contributed by atoms with Crippen molar-refractivity contribution in [1.82, 2.24) is 9.55 Å². The lowest BCUT2D eigenvalue weighted by molar-refractivity contribution is -0.125. The maximum Gasteiger partial charge on any atom is 0.253 e. The molecule has 2 rings (SSSR count). The van der Waals surface area contributed by atoms with Crippen molar-refractivity contribution in [3.63, 3.8) is 0 Å².